The molecular formula is C17H20BrNO4S. The summed E-state index contributed by atoms with van der Waals surface area (Å²) in [5.41, 5.74) is 1.07. The second-order valence-electron chi connectivity index (χ2n) is 5.71. The van der Waals surface area contributed by atoms with E-state index in [2.05, 4.69) is 21.1 Å². The second-order valence-corrected chi connectivity index (χ2v) is 8.06. The summed E-state index contributed by atoms with van der Waals surface area (Å²) in [6.45, 7) is 2.15. The van der Waals surface area contributed by atoms with Gasteiger partial charge in [-0.05, 0) is 43.5 Å². The molecule has 0 radical (unpaired) electrons. The third kappa shape index (κ3) is 5.08. The normalized spacial score (nSPS) is 16.8. The van der Waals surface area contributed by atoms with Crippen LogP contribution in [0.2, 0.25) is 0 Å². The first-order valence-corrected chi connectivity index (χ1v) is 10.3. The van der Waals surface area contributed by atoms with Gasteiger partial charge in [0.25, 0.3) is 0 Å². The van der Waals surface area contributed by atoms with Crippen LogP contribution in [0.15, 0.2) is 27.8 Å². The lowest BCUT2D eigenvalue weighted by molar-refractivity contribution is -0.121. The largest absolute Gasteiger partial charge is 0.396 e. The molecule has 2 atom stereocenters. The summed E-state index contributed by atoms with van der Waals surface area (Å²) in [4.78, 5) is 30.3. The molecule has 7 heteroatoms. The third-order valence-electron chi connectivity index (χ3n) is 3.67. The topological polar surface area (TPSA) is 72.8 Å². The van der Waals surface area contributed by atoms with Crippen LogP contribution in [-0.2, 0) is 26.2 Å². The Bertz CT molecular complexity index is 685. The van der Waals surface area contributed by atoms with Gasteiger partial charge in [0.1, 0.15) is 12.5 Å². The molecule has 0 saturated heterocycles. The van der Waals surface area contributed by atoms with Crippen LogP contribution in [0.25, 0.3) is 0 Å². The van der Waals surface area contributed by atoms with Crippen LogP contribution < -0.4 is 0 Å². The fourth-order valence-corrected chi connectivity index (χ4v) is 3.46. The molecule has 24 heavy (non-hydrogen) atoms. The van der Waals surface area contributed by atoms with Gasteiger partial charge in [-0.1, -0.05) is 21.1 Å². The highest BCUT2D eigenvalue weighted by Gasteiger charge is 2.38. The fraction of sp³-hybridized carbons (Fsp3) is 0.471. The molecule has 2 rings (SSSR count). The van der Waals surface area contributed by atoms with E-state index in [-0.39, 0.29) is 23.2 Å². The highest BCUT2D eigenvalue weighted by atomic mass is 79.9. The van der Waals surface area contributed by atoms with Gasteiger partial charge >= 0.3 is 0 Å². The Morgan fingerprint density at radius 1 is 1.46 bits per heavy atom. The van der Waals surface area contributed by atoms with Crippen molar-refractivity contribution < 1.29 is 18.6 Å². The molecule has 130 valence electrons. The number of carbonyl (C=O) groups excluding carboxylic acids is 2. The van der Waals surface area contributed by atoms with Crippen LogP contribution >= 0.6 is 15.9 Å². The molecule has 0 aliphatic heterocycles. The minimum Gasteiger partial charge on any atom is -0.396 e. The highest BCUT2D eigenvalue weighted by molar-refractivity contribution is 9.10. The minimum atomic E-state index is -1.10. The van der Waals surface area contributed by atoms with Crippen molar-refractivity contribution in [1.29, 1.82) is 0 Å². The zero-order valence-corrected chi connectivity index (χ0v) is 16.1. The molecule has 0 amide bonds. The van der Waals surface area contributed by atoms with Crippen LogP contribution in [0.3, 0.4) is 0 Å². The Labute approximate surface area is 152 Å². The molecular weight excluding hydrogens is 394 g/mol. The predicted molar refractivity (Wildman–Crippen MR) is 97.6 cm³/mol. The first kappa shape index (κ1) is 19.0. The molecule has 0 bridgehead atoms. The molecule has 1 aliphatic carbocycles. The average molecular weight is 414 g/mol. The number of nitrogens with zero attached hydrogens (tertiary/aromatic N) is 1. The van der Waals surface area contributed by atoms with E-state index in [1.165, 1.54) is 6.21 Å². The van der Waals surface area contributed by atoms with Gasteiger partial charge in [-0.2, -0.15) is 0 Å². The fourth-order valence-electron chi connectivity index (χ4n) is 2.38. The lowest BCUT2D eigenvalue weighted by atomic mass is 9.90. The number of benzene rings is 1. The van der Waals surface area contributed by atoms with Crippen molar-refractivity contribution in [3.8, 4) is 0 Å². The van der Waals surface area contributed by atoms with Gasteiger partial charge in [0.05, 0.1) is 6.21 Å². The zero-order chi connectivity index (χ0) is 17.7. The van der Waals surface area contributed by atoms with Crippen molar-refractivity contribution in [2.75, 3.05) is 12.9 Å². The molecule has 0 spiro atoms. The molecule has 0 aromatic heterocycles. The smallest absolute Gasteiger partial charge is 0.179 e. The summed E-state index contributed by atoms with van der Waals surface area (Å²) >= 11 is 3.36. The number of Topliss-reactive ketones (excluding diaryl/α,β-unsaturated/α-hetero) is 2. The van der Waals surface area contributed by atoms with E-state index in [4.69, 9.17) is 4.84 Å². The van der Waals surface area contributed by atoms with Gasteiger partial charge < -0.3 is 4.84 Å². The summed E-state index contributed by atoms with van der Waals surface area (Å²) < 4.78 is 12.4. The summed E-state index contributed by atoms with van der Waals surface area (Å²) in [5.74, 6) is -1.19. The van der Waals surface area contributed by atoms with Crippen molar-refractivity contribution in [2.24, 2.45) is 17.0 Å². The van der Waals surface area contributed by atoms with E-state index < -0.39 is 16.7 Å². The van der Waals surface area contributed by atoms with Gasteiger partial charge in [-0.3, -0.25) is 13.8 Å². The van der Waals surface area contributed by atoms with Gasteiger partial charge in [0, 0.05) is 38.8 Å². The van der Waals surface area contributed by atoms with Crippen molar-refractivity contribution in [1.82, 2.24) is 0 Å². The zero-order valence-electron chi connectivity index (χ0n) is 13.7. The Morgan fingerprint density at radius 3 is 2.75 bits per heavy atom. The first-order chi connectivity index (χ1) is 11.4. The first-order valence-electron chi connectivity index (χ1n) is 7.75. The highest BCUT2D eigenvalue weighted by Crippen LogP contribution is 2.33. The van der Waals surface area contributed by atoms with Gasteiger partial charge in [0.15, 0.2) is 11.6 Å². The van der Waals surface area contributed by atoms with Crippen molar-refractivity contribution in [2.45, 2.75) is 25.5 Å². The van der Waals surface area contributed by atoms with E-state index >= 15 is 0 Å². The van der Waals surface area contributed by atoms with E-state index in [1.807, 2.05) is 0 Å². The van der Waals surface area contributed by atoms with Crippen LogP contribution in [0.1, 0.15) is 35.7 Å². The lowest BCUT2D eigenvalue weighted by Crippen LogP contribution is -2.28. The van der Waals surface area contributed by atoms with Crippen molar-refractivity contribution in [3.63, 3.8) is 0 Å². The van der Waals surface area contributed by atoms with E-state index in [1.54, 1.807) is 31.4 Å². The van der Waals surface area contributed by atoms with Gasteiger partial charge in [-0.25, -0.2) is 0 Å². The van der Waals surface area contributed by atoms with Crippen LogP contribution in [0.4, 0.5) is 0 Å². The maximum Gasteiger partial charge on any atom is 0.179 e. The summed E-state index contributed by atoms with van der Waals surface area (Å²) in [6, 6.07) is 5.18. The molecule has 1 fully saturated rings. The predicted octanol–water partition coefficient (Wildman–Crippen LogP) is 3.13. The number of hydrogen-bond acceptors (Lipinski definition) is 5. The number of hydrogen-bond donors (Lipinski definition) is 0. The number of ketones is 2. The molecule has 1 aromatic carbocycles. The maximum absolute atomic E-state index is 12.9. The second kappa shape index (κ2) is 8.67. The van der Waals surface area contributed by atoms with Crippen LogP contribution in [-0.4, -0.2) is 34.9 Å². The van der Waals surface area contributed by atoms with E-state index in [9.17, 15) is 13.8 Å². The van der Waals surface area contributed by atoms with Crippen LogP contribution in [0.5, 0.6) is 0 Å². The Hall–Kier alpha value is -1.34. The maximum atomic E-state index is 12.9. The molecule has 0 N–H and O–H groups in total. The Kier molecular flexibility index (Phi) is 6.86. The summed E-state index contributed by atoms with van der Waals surface area (Å²) in [5, 5.41) is 3.74. The molecule has 5 nitrogen and oxygen atoms in total. The molecule has 1 saturated carbocycles. The Balaban J connectivity index is 2.34. The van der Waals surface area contributed by atoms with Gasteiger partial charge in [-0.15, -0.1) is 0 Å². The quantitative estimate of drug-likeness (QED) is 0.269. The van der Waals surface area contributed by atoms with Crippen molar-refractivity contribution in [3.05, 3.63) is 33.8 Å². The SMILES string of the molecule is CCON=CC(C(=O)c1ccc(Br)cc1CS(C)=O)C(=O)C1CC1. The monoisotopic (exact) mass is 413 g/mol. The van der Waals surface area contributed by atoms with E-state index in [0.29, 0.717) is 17.7 Å². The van der Waals surface area contributed by atoms with Crippen molar-refractivity contribution >= 4 is 44.5 Å². The summed E-state index contributed by atoms with van der Waals surface area (Å²) in [6.07, 6.45) is 4.51. The van der Waals surface area contributed by atoms with E-state index in [0.717, 1.165) is 17.3 Å². The molecule has 2 unspecified atom stereocenters. The van der Waals surface area contributed by atoms with Crippen LogP contribution in [0, 0.1) is 11.8 Å². The number of carbonyl (C=O) groups is 2. The summed E-state index contributed by atoms with van der Waals surface area (Å²) in [7, 11) is -1.10. The molecule has 1 aromatic rings. The lowest BCUT2D eigenvalue weighted by Gasteiger charge is -2.13. The molecule has 0 heterocycles. The number of halogens is 1. The standard InChI is InChI=1S/C17H20BrNO4S/c1-3-23-19-9-15(16(20)11-4-5-11)17(21)14-7-6-13(18)8-12(14)10-24(2)22/h6-9,11,15H,3-5,10H2,1-2H3. The average Bonchev–Trinajstić information content (AvgIpc) is 3.35. The molecule has 1 aliphatic rings. The number of oxime groups is 1. The third-order valence-corrected chi connectivity index (χ3v) is 4.88. The Morgan fingerprint density at radius 2 is 2.17 bits per heavy atom. The van der Waals surface area contributed by atoms with Gasteiger partial charge in [0.2, 0.25) is 0 Å². The number of rotatable bonds is 9. The minimum absolute atomic E-state index is 0.0637.